The summed E-state index contributed by atoms with van der Waals surface area (Å²) < 4.78 is 40.0. The molecule has 2 N–H and O–H groups in total. The van der Waals surface area contributed by atoms with Crippen molar-refractivity contribution in [2.24, 2.45) is 0 Å². The molecule has 0 heterocycles. The molecular formula is C13H8F3NO2. The lowest BCUT2D eigenvalue weighted by Crippen LogP contribution is -2.15. The minimum Gasteiger partial charge on any atom is -0.508 e. The summed E-state index contributed by atoms with van der Waals surface area (Å²) in [6, 6.07) is 5.90. The predicted molar refractivity (Wildman–Crippen MR) is 62.4 cm³/mol. The van der Waals surface area contributed by atoms with Crippen molar-refractivity contribution in [2.45, 2.75) is 0 Å². The Labute approximate surface area is 106 Å². The van der Waals surface area contributed by atoms with E-state index < -0.39 is 34.6 Å². The molecule has 0 saturated carbocycles. The summed E-state index contributed by atoms with van der Waals surface area (Å²) in [4.78, 5) is 11.7. The first-order chi connectivity index (χ1) is 8.99. The Kier molecular flexibility index (Phi) is 3.41. The second kappa shape index (κ2) is 5.01. The number of amides is 1. The molecular weight excluding hydrogens is 259 g/mol. The molecule has 0 fully saturated rings. The number of aromatic hydroxyl groups is 1. The van der Waals surface area contributed by atoms with Crippen LogP contribution in [0.2, 0.25) is 0 Å². The summed E-state index contributed by atoms with van der Waals surface area (Å²) in [5.41, 5.74) is -1.08. The molecule has 6 heteroatoms. The van der Waals surface area contributed by atoms with Crippen LogP contribution in [0.4, 0.5) is 18.9 Å². The summed E-state index contributed by atoms with van der Waals surface area (Å²) in [6.07, 6.45) is 0. The number of nitrogens with one attached hydrogen (secondary N) is 1. The molecule has 0 aromatic heterocycles. The first-order valence-electron chi connectivity index (χ1n) is 5.23. The molecule has 0 aliphatic heterocycles. The average molecular weight is 267 g/mol. The van der Waals surface area contributed by atoms with Crippen LogP contribution in [0, 0.1) is 17.5 Å². The van der Waals surface area contributed by atoms with Crippen LogP contribution in [-0.4, -0.2) is 11.0 Å². The number of hydrogen-bond donors (Lipinski definition) is 2. The highest BCUT2D eigenvalue weighted by Crippen LogP contribution is 2.21. The Morgan fingerprint density at radius 3 is 2.21 bits per heavy atom. The van der Waals surface area contributed by atoms with Gasteiger partial charge in [-0.25, -0.2) is 13.2 Å². The molecule has 2 aromatic rings. The van der Waals surface area contributed by atoms with Gasteiger partial charge in [0, 0.05) is 6.07 Å². The number of phenols is 1. The molecule has 19 heavy (non-hydrogen) atoms. The van der Waals surface area contributed by atoms with Gasteiger partial charge in [0.05, 0.1) is 5.56 Å². The van der Waals surface area contributed by atoms with Crippen LogP contribution in [-0.2, 0) is 0 Å². The zero-order chi connectivity index (χ0) is 14.0. The molecule has 0 radical (unpaired) electrons. The van der Waals surface area contributed by atoms with E-state index in [2.05, 4.69) is 0 Å². The van der Waals surface area contributed by atoms with Crippen molar-refractivity contribution in [3.05, 3.63) is 59.4 Å². The number of carbonyl (C=O) groups is 1. The highest BCUT2D eigenvalue weighted by Gasteiger charge is 2.16. The van der Waals surface area contributed by atoms with Crippen LogP contribution < -0.4 is 5.32 Å². The zero-order valence-corrected chi connectivity index (χ0v) is 9.45. The fourth-order valence-electron chi connectivity index (χ4n) is 1.49. The van der Waals surface area contributed by atoms with E-state index in [1.54, 1.807) is 0 Å². The van der Waals surface area contributed by atoms with E-state index in [-0.39, 0.29) is 5.75 Å². The molecule has 0 unspecified atom stereocenters. The number of rotatable bonds is 2. The van der Waals surface area contributed by atoms with Crippen molar-refractivity contribution in [2.75, 3.05) is 5.32 Å². The fourth-order valence-corrected chi connectivity index (χ4v) is 1.49. The topological polar surface area (TPSA) is 49.3 Å². The Morgan fingerprint density at radius 2 is 1.63 bits per heavy atom. The molecule has 2 rings (SSSR count). The van der Waals surface area contributed by atoms with Crippen LogP contribution in [0.3, 0.4) is 0 Å². The van der Waals surface area contributed by atoms with E-state index in [1.165, 1.54) is 0 Å². The summed E-state index contributed by atoms with van der Waals surface area (Å²) in [7, 11) is 0. The molecule has 1 amide bonds. The van der Waals surface area contributed by atoms with E-state index in [0.717, 1.165) is 36.4 Å². The Balaban J connectivity index is 2.31. The van der Waals surface area contributed by atoms with E-state index in [1.807, 2.05) is 5.32 Å². The van der Waals surface area contributed by atoms with E-state index in [9.17, 15) is 18.0 Å². The Morgan fingerprint density at radius 1 is 1.00 bits per heavy atom. The third-order valence-corrected chi connectivity index (χ3v) is 2.40. The smallest absolute Gasteiger partial charge is 0.258 e. The summed E-state index contributed by atoms with van der Waals surface area (Å²) in [6.45, 7) is 0. The minimum absolute atomic E-state index is 0.355. The SMILES string of the molecule is O=C(Nc1c(F)cccc1F)c1ccc(O)cc1F. The van der Waals surface area contributed by atoms with Crippen LogP contribution in [0.1, 0.15) is 10.4 Å². The number of hydrogen-bond acceptors (Lipinski definition) is 2. The maximum Gasteiger partial charge on any atom is 0.258 e. The zero-order valence-electron chi connectivity index (χ0n) is 9.45. The third kappa shape index (κ3) is 2.67. The lowest BCUT2D eigenvalue weighted by atomic mass is 10.2. The summed E-state index contributed by atoms with van der Waals surface area (Å²) in [5, 5.41) is 11.0. The molecule has 2 aromatic carbocycles. The van der Waals surface area contributed by atoms with Gasteiger partial charge in [0.2, 0.25) is 0 Å². The molecule has 0 aliphatic rings. The van der Waals surface area contributed by atoms with Crippen LogP contribution in [0.15, 0.2) is 36.4 Å². The molecule has 0 atom stereocenters. The van der Waals surface area contributed by atoms with Crippen molar-refractivity contribution < 1.29 is 23.1 Å². The van der Waals surface area contributed by atoms with Crippen LogP contribution >= 0.6 is 0 Å². The second-order valence-electron chi connectivity index (χ2n) is 3.71. The number of carbonyl (C=O) groups excluding carboxylic acids is 1. The predicted octanol–water partition coefficient (Wildman–Crippen LogP) is 3.06. The number of anilines is 1. The molecule has 0 bridgehead atoms. The number of para-hydroxylation sites is 1. The maximum atomic E-state index is 13.4. The van der Waals surface area contributed by atoms with Gasteiger partial charge in [0.15, 0.2) is 0 Å². The van der Waals surface area contributed by atoms with Gasteiger partial charge in [-0.2, -0.15) is 0 Å². The van der Waals surface area contributed by atoms with Gasteiger partial charge in [-0.05, 0) is 24.3 Å². The highest BCUT2D eigenvalue weighted by atomic mass is 19.1. The van der Waals surface area contributed by atoms with Crippen LogP contribution in [0.25, 0.3) is 0 Å². The van der Waals surface area contributed by atoms with E-state index >= 15 is 0 Å². The van der Waals surface area contributed by atoms with Crippen molar-refractivity contribution in [1.29, 1.82) is 0 Å². The number of phenolic OH excluding ortho intramolecular Hbond substituents is 1. The van der Waals surface area contributed by atoms with Crippen molar-refractivity contribution in [3.63, 3.8) is 0 Å². The first kappa shape index (κ1) is 12.9. The first-order valence-corrected chi connectivity index (χ1v) is 5.23. The third-order valence-electron chi connectivity index (χ3n) is 2.40. The number of benzene rings is 2. The normalized spacial score (nSPS) is 10.3. The van der Waals surface area contributed by atoms with Crippen molar-refractivity contribution in [1.82, 2.24) is 0 Å². The lowest BCUT2D eigenvalue weighted by molar-refractivity contribution is 0.102. The Bertz CT molecular complexity index is 624. The van der Waals surface area contributed by atoms with Gasteiger partial charge in [-0.1, -0.05) is 6.07 Å². The average Bonchev–Trinajstić information content (AvgIpc) is 2.33. The standard InChI is InChI=1S/C13H8F3NO2/c14-9-2-1-3-10(15)12(9)17-13(19)8-5-4-7(18)6-11(8)16/h1-6,18H,(H,17,19). The molecule has 0 aliphatic carbocycles. The Hall–Kier alpha value is -2.50. The maximum absolute atomic E-state index is 13.4. The van der Waals surface area contributed by atoms with Gasteiger partial charge in [0.25, 0.3) is 5.91 Å². The monoisotopic (exact) mass is 267 g/mol. The minimum atomic E-state index is -1.01. The lowest BCUT2D eigenvalue weighted by Gasteiger charge is -2.08. The van der Waals surface area contributed by atoms with Crippen molar-refractivity contribution in [3.8, 4) is 5.75 Å². The second-order valence-corrected chi connectivity index (χ2v) is 3.71. The quantitative estimate of drug-likeness (QED) is 0.878. The highest BCUT2D eigenvalue weighted by molar-refractivity contribution is 6.04. The molecule has 98 valence electrons. The summed E-state index contributed by atoms with van der Waals surface area (Å²) >= 11 is 0. The van der Waals surface area contributed by atoms with E-state index in [0.29, 0.717) is 0 Å². The molecule has 3 nitrogen and oxygen atoms in total. The largest absolute Gasteiger partial charge is 0.508 e. The summed E-state index contributed by atoms with van der Waals surface area (Å²) in [5.74, 6) is -4.29. The fraction of sp³-hybridized carbons (Fsp3) is 0. The van der Waals surface area contributed by atoms with Gasteiger partial charge in [-0.15, -0.1) is 0 Å². The van der Waals surface area contributed by atoms with E-state index in [4.69, 9.17) is 5.11 Å². The van der Waals surface area contributed by atoms with Gasteiger partial charge >= 0.3 is 0 Å². The molecule has 0 saturated heterocycles. The number of halogens is 3. The van der Waals surface area contributed by atoms with Crippen molar-refractivity contribution >= 4 is 11.6 Å². The van der Waals surface area contributed by atoms with Gasteiger partial charge < -0.3 is 10.4 Å². The van der Waals surface area contributed by atoms with Crippen LogP contribution in [0.5, 0.6) is 5.75 Å². The van der Waals surface area contributed by atoms with Gasteiger partial charge in [0.1, 0.15) is 28.9 Å². The van der Waals surface area contributed by atoms with Gasteiger partial charge in [-0.3, -0.25) is 4.79 Å². The molecule has 0 spiro atoms.